The van der Waals surface area contributed by atoms with Gasteiger partial charge in [-0.1, -0.05) is 13.3 Å². The van der Waals surface area contributed by atoms with Gasteiger partial charge in [0, 0.05) is 23.5 Å². The maximum Gasteiger partial charge on any atom is 0.251 e. The number of nitrogens with zero attached hydrogens (tertiary/aromatic N) is 2. The van der Waals surface area contributed by atoms with Crippen LogP contribution in [0.1, 0.15) is 19.0 Å². The van der Waals surface area contributed by atoms with E-state index in [0.29, 0.717) is 5.82 Å². The number of fused-ring (bicyclic) bond motifs is 1. The van der Waals surface area contributed by atoms with Crippen LogP contribution >= 0.6 is 11.3 Å². The summed E-state index contributed by atoms with van der Waals surface area (Å²) in [5.41, 5.74) is 2.54. The van der Waals surface area contributed by atoms with Gasteiger partial charge in [0.25, 0.3) is 5.56 Å². The first-order valence-corrected chi connectivity index (χ1v) is 7.08. The molecule has 19 heavy (non-hydrogen) atoms. The zero-order valence-electron chi connectivity index (χ0n) is 10.5. The van der Waals surface area contributed by atoms with Crippen molar-refractivity contribution in [2.45, 2.75) is 19.8 Å². The quantitative estimate of drug-likeness (QED) is 0.796. The molecule has 0 amide bonds. The lowest BCUT2D eigenvalue weighted by molar-refractivity contribution is 0.869. The minimum absolute atomic E-state index is 0.111. The molecule has 3 aromatic rings. The Balaban J connectivity index is 2.11. The summed E-state index contributed by atoms with van der Waals surface area (Å²) in [6.07, 6.45) is 3.53. The van der Waals surface area contributed by atoms with E-state index in [4.69, 9.17) is 0 Å². The van der Waals surface area contributed by atoms with Crippen LogP contribution in [0.5, 0.6) is 0 Å². The van der Waals surface area contributed by atoms with Gasteiger partial charge in [-0.05, 0) is 23.9 Å². The van der Waals surface area contributed by atoms with Gasteiger partial charge in [0.15, 0.2) is 0 Å². The van der Waals surface area contributed by atoms with Crippen molar-refractivity contribution in [1.29, 1.82) is 0 Å². The molecule has 0 aliphatic rings. The fraction of sp³-hybridized carbons (Fsp3) is 0.214. The lowest BCUT2D eigenvalue weighted by Gasteiger charge is -2.03. The fourth-order valence-electron chi connectivity index (χ4n) is 2.00. The van der Waals surface area contributed by atoms with Crippen LogP contribution in [0.25, 0.3) is 21.6 Å². The molecule has 3 aromatic heterocycles. The standard InChI is InChI=1S/C14H13N3OS/c1-2-3-10-7-13(18)17-14(16-10)9-6-12-11(15-8-9)4-5-19-12/h4-8H,2-3H2,1H3,(H,16,17,18). The number of nitrogens with one attached hydrogen (secondary N) is 1. The smallest absolute Gasteiger partial charge is 0.251 e. The summed E-state index contributed by atoms with van der Waals surface area (Å²) in [5.74, 6) is 0.596. The lowest BCUT2D eigenvalue weighted by Crippen LogP contribution is -2.10. The molecule has 0 spiro atoms. The van der Waals surface area contributed by atoms with Crippen LogP contribution in [-0.2, 0) is 6.42 Å². The van der Waals surface area contributed by atoms with Crippen LogP contribution < -0.4 is 5.56 Å². The molecule has 5 heteroatoms. The van der Waals surface area contributed by atoms with E-state index in [0.717, 1.165) is 34.3 Å². The average molecular weight is 271 g/mol. The van der Waals surface area contributed by atoms with Crippen LogP contribution in [0.2, 0.25) is 0 Å². The Labute approximate surface area is 114 Å². The van der Waals surface area contributed by atoms with Crippen molar-refractivity contribution in [2.75, 3.05) is 0 Å². The summed E-state index contributed by atoms with van der Waals surface area (Å²) in [7, 11) is 0. The highest BCUT2D eigenvalue weighted by Crippen LogP contribution is 2.23. The fourth-order valence-corrected chi connectivity index (χ4v) is 2.78. The first-order chi connectivity index (χ1) is 9.26. The normalized spacial score (nSPS) is 11.0. The summed E-state index contributed by atoms with van der Waals surface area (Å²) in [4.78, 5) is 23.3. The number of hydrogen-bond acceptors (Lipinski definition) is 4. The topological polar surface area (TPSA) is 58.6 Å². The maximum atomic E-state index is 11.7. The zero-order valence-corrected chi connectivity index (χ0v) is 11.3. The average Bonchev–Trinajstić information content (AvgIpc) is 2.85. The maximum absolute atomic E-state index is 11.7. The van der Waals surface area contributed by atoms with E-state index in [2.05, 4.69) is 21.9 Å². The molecule has 0 atom stereocenters. The second-order valence-corrected chi connectivity index (χ2v) is 5.31. The first kappa shape index (κ1) is 12.0. The third kappa shape index (κ3) is 2.42. The van der Waals surface area contributed by atoms with Crippen molar-refractivity contribution in [3.05, 3.63) is 45.8 Å². The van der Waals surface area contributed by atoms with E-state index in [1.807, 2.05) is 17.5 Å². The van der Waals surface area contributed by atoms with Gasteiger partial charge in [0.1, 0.15) is 5.82 Å². The Bertz CT molecular complexity index is 775. The Kier molecular flexibility index (Phi) is 3.13. The van der Waals surface area contributed by atoms with Gasteiger partial charge in [-0.25, -0.2) is 4.98 Å². The highest BCUT2D eigenvalue weighted by Gasteiger charge is 2.06. The predicted octanol–water partition coefficient (Wildman–Crippen LogP) is 3.00. The molecule has 0 aliphatic carbocycles. The van der Waals surface area contributed by atoms with Crippen molar-refractivity contribution < 1.29 is 0 Å². The molecule has 0 aliphatic heterocycles. The minimum Gasteiger partial charge on any atom is -0.306 e. The Morgan fingerprint density at radius 2 is 2.26 bits per heavy atom. The van der Waals surface area contributed by atoms with Crippen LogP contribution in [0.4, 0.5) is 0 Å². The van der Waals surface area contributed by atoms with Crippen LogP contribution in [-0.4, -0.2) is 15.0 Å². The summed E-state index contributed by atoms with van der Waals surface area (Å²) in [6.45, 7) is 2.07. The number of H-pyrrole nitrogens is 1. The van der Waals surface area contributed by atoms with Crippen molar-refractivity contribution >= 4 is 21.6 Å². The number of rotatable bonds is 3. The summed E-state index contributed by atoms with van der Waals surface area (Å²) in [6, 6.07) is 5.55. The predicted molar refractivity (Wildman–Crippen MR) is 77.5 cm³/mol. The molecule has 0 unspecified atom stereocenters. The molecular weight excluding hydrogens is 258 g/mol. The molecule has 0 saturated carbocycles. The molecule has 3 rings (SSSR count). The molecule has 96 valence electrons. The molecular formula is C14H13N3OS. The molecule has 0 saturated heterocycles. The molecule has 1 N–H and O–H groups in total. The van der Waals surface area contributed by atoms with Gasteiger partial charge in [-0.2, -0.15) is 0 Å². The van der Waals surface area contributed by atoms with E-state index in [-0.39, 0.29) is 5.56 Å². The molecule has 3 heterocycles. The largest absolute Gasteiger partial charge is 0.306 e. The van der Waals surface area contributed by atoms with E-state index in [1.54, 1.807) is 23.6 Å². The SMILES string of the molecule is CCCc1cc(=O)[nH]c(-c2cnc3ccsc3c2)n1. The zero-order chi connectivity index (χ0) is 13.2. The van der Waals surface area contributed by atoms with Crippen molar-refractivity contribution in [2.24, 2.45) is 0 Å². The van der Waals surface area contributed by atoms with E-state index >= 15 is 0 Å². The molecule has 4 nitrogen and oxygen atoms in total. The molecule has 0 fully saturated rings. The van der Waals surface area contributed by atoms with E-state index in [9.17, 15) is 4.79 Å². The van der Waals surface area contributed by atoms with Crippen molar-refractivity contribution in [1.82, 2.24) is 15.0 Å². The first-order valence-electron chi connectivity index (χ1n) is 6.20. The minimum atomic E-state index is -0.111. The van der Waals surface area contributed by atoms with Gasteiger partial charge >= 0.3 is 0 Å². The van der Waals surface area contributed by atoms with Crippen molar-refractivity contribution in [3.8, 4) is 11.4 Å². The molecule has 0 bridgehead atoms. The van der Waals surface area contributed by atoms with E-state index in [1.165, 1.54) is 0 Å². The number of aromatic nitrogens is 3. The van der Waals surface area contributed by atoms with Crippen molar-refractivity contribution in [3.63, 3.8) is 0 Å². The van der Waals surface area contributed by atoms with Crippen LogP contribution in [0.3, 0.4) is 0 Å². The molecule has 0 radical (unpaired) electrons. The Morgan fingerprint density at radius 3 is 3.11 bits per heavy atom. The van der Waals surface area contributed by atoms with Gasteiger partial charge in [0.2, 0.25) is 0 Å². The highest BCUT2D eigenvalue weighted by molar-refractivity contribution is 7.17. The van der Waals surface area contributed by atoms with Gasteiger partial charge in [-0.3, -0.25) is 9.78 Å². The third-order valence-corrected chi connectivity index (χ3v) is 3.73. The summed E-state index contributed by atoms with van der Waals surface area (Å²) in [5, 5.41) is 2.01. The second-order valence-electron chi connectivity index (χ2n) is 4.36. The number of aromatic amines is 1. The Morgan fingerprint density at radius 1 is 1.37 bits per heavy atom. The van der Waals surface area contributed by atoms with Gasteiger partial charge in [-0.15, -0.1) is 11.3 Å². The number of thiophene rings is 1. The molecule has 0 aromatic carbocycles. The monoisotopic (exact) mass is 271 g/mol. The third-order valence-electron chi connectivity index (χ3n) is 2.88. The number of aryl methyl sites for hydroxylation is 1. The Hall–Kier alpha value is -2.01. The lowest BCUT2D eigenvalue weighted by atomic mass is 10.2. The van der Waals surface area contributed by atoms with E-state index < -0.39 is 0 Å². The summed E-state index contributed by atoms with van der Waals surface area (Å²) < 4.78 is 1.10. The van der Waals surface area contributed by atoms with Gasteiger partial charge < -0.3 is 4.98 Å². The summed E-state index contributed by atoms with van der Waals surface area (Å²) >= 11 is 1.63. The van der Waals surface area contributed by atoms with Crippen LogP contribution in [0.15, 0.2) is 34.6 Å². The second kappa shape index (κ2) is 4.93. The van der Waals surface area contributed by atoms with Gasteiger partial charge in [0.05, 0.1) is 10.2 Å². The number of pyridine rings is 1. The van der Waals surface area contributed by atoms with Crippen LogP contribution in [0, 0.1) is 0 Å². The number of hydrogen-bond donors (Lipinski definition) is 1. The highest BCUT2D eigenvalue weighted by atomic mass is 32.1.